The van der Waals surface area contributed by atoms with Gasteiger partial charge in [0, 0.05) is 17.0 Å². The van der Waals surface area contributed by atoms with E-state index in [0.717, 1.165) is 22.1 Å². The van der Waals surface area contributed by atoms with Crippen molar-refractivity contribution in [2.75, 3.05) is 0 Å². The van der Waals surface area contributed by atoms with Crippen LogP contribution in [0.5, 0.6) is 0 Å². The molecule has 20 heavy (non-hydrogen) atoms. The molecule has 0 aliphatic carbocycles. The zero-order valence-corrected chi connectivity index (χ0v) is 11.4. The molecule has 0 saturated heterocycles. The van der Waals surface area contributed by atoms with Crippen molar-refractivity contribution < 1.29 is 9.62 Å². The first-order chi connectivity index (χ1) is 9.67. The molecule has 1 heterocycles. The van der Waals surface area contributed by atoms with E-state index in [1.54, 1.807) is 6.07 Å². The lowest BCUT2D eigenvalue weighted by Crippen LogP contribution is -2.03. The zero-order valence-electron chi connectivity index (χ0n) is 11.4. The summed E-state index contributed by atoms with van der Waals surface area (Å²) in [5.41, 5.74) is 3.98. The lowest BCUT2D eigenvalue weighted by molar-refractivity contribution is 0.302. The second-order valence-corrected chi connectivity index (χ2v) is 4.96. The number of hydrogen-bond donors (Lipinski definition) is 1. The first-order valence-corrected chi connectivity index (χ1v) is 6.47. The van der Waals surface area contributed by atoms with Crippen molar-refractivity contribution >= 4 is 11.0 Å². The maximum Gasteiger partial charge on any atom is 0.137 e. The summed E-state index contributed by atoms with van der Waals surface area (Å²) in [6.07, 6.45) is 0. The van der Waals surface area contributed by atoms with Crippen LogP contribution in [0.25, 0.3) is 22.3 Å². The number of benzene rings is 2. The number of nitrogens with zero attached hydrogens (tertiary/aromatic N) is 1. The van der Waals surface area contributed by atoms with Gasteiger partial charge >= 0.3 is 0 Å². The Morgan fingerprint density at radius 2 is 1.60 bits per heavy atom. The fourth-order valence-corrected chi connectivity index (χ4v) is 2.22. The molecule has 0 fully saturated rings. The highest BCUT2D eigenvalue weighted by Crippen LogP contribution is 2.23. The summed E-state index contributed by atoms with van der Waals surface area (Å²) in [6, 6.07) is 15.6. The molecule has 0 aliphatic heterocycles. The fraction of sp³-hybridized carbons (Fsp3) is 0.118. The lowest BCUT2D eigenvalue weighted by atomic mass is 10.1. The average Bonchev–Trinajstić information content (AvgIpc) is 2.46. The maximum atomic E-state index is 9.20. The molecule has 2 aromatic carbocycles. The van der Waals surface area contributed by atoms with Gasteiger partial charge in [-0.3, -0.25) is 0 Å². The molecule has 0 aliphatic rings. The van der Waals surface area contributed by atoms with Crippen LogP contribution in [-0.4, -0.2) is 5.21 Å². The van der Waals surface area contributed by atoms with Gasteiger partial charge in [0.25, 0.3) is 0 Å². The minimum atomic E-state index is 0.516. The minimum absolute atomic E-state index is 0.516. The van der Waals surface area contributed by atoms with Gasteiger partial charge in [0.2, 0.25) is 0 Å². The third-order valence-electron chi connectivity index (χ3n) is 3.34. The van der Waals surface area contributed by atoms with Crippen LogP contribution in [0.4, 0.5) is 0 Å². The quantitative estimate of drug-likeness (QED) is 0.534. The smallest absolute Gasteiger partial charge is 0.137 e. The van der Waals surface area contributed by atoms with E-state index < -0.39 is 0 Å². The predicted octanol–water partition coefficient (Wildman–Crippen LogP) is 4.01. The van der Waals surface area contributed by atoms with E-state index in [1.807, 2.05) is 56.3 Å². The summed E-state index contributed by atoms with van der Waals surface area (Å²) >= 11 is 0. The Bertz CT molecular complexity index is 830. The number of aryl methyl sites for hydroxylation is 2. The topological polar surface area (TPSA) is 45.7 Å². The molecule has 1 N–H and O–H groups in total. The summed E-state index contributed by atoms with van der Waals surface area (Å²) in [5, 5.41) is 13.9. The van der Waals surface area contributed by atoms with Crippen molar-refractivity contribution in [3.05, 3.63) is 65.0 Å². The summed E-state index contributed by atoms with van der Waals surface area (Å²) in [6.45, 7) is 4.04. The molecular weight excluding hydrogens is 250 g/mol. The Kier molecular flexibility index (Phi) is 3.03. The third kappa shape index (κ3) is 2.18. The van der Waals surface area contributed by atoms with Crippen LogP contribution < -0.4 is 5.36 Å². The molecule has 0 radical (unpaired) electrons. The molecule has 3 rings (SSSR count). The van der Waals surface area contributed by atoms with Crippen molar-refractivity contribution in [2.45, 2.75) is 13.8 Å². The van der Waals surface area contributed by atoms with E-state index in [2.05, 4.69) is 5.16 Å². The maximum absolute atomic E-state index is 9.20. The van der Waals surface area contributed by atoms with E-state index in [4.69, 9.17) is 4.42 Å². The first-order valence-electron chi connectivity index (χ1n) is 6.47. The number of hydrogen-bond acceptors (Lipinski definition) is 3. The Morgan fingerprint density at radius 3 is 2.30 bits per heavy atom. The highest BCUT2D eigenvalue weighted by Gasteiger charge is 2.06. The molecule has 0 bridgehead atoms. The summed E-state index contributed by atoms with van der Waals surface area (Å²) in [7, 11) is 0. The second kappa shape index (κ2) is 4.85. The number of fused-ring (bicyclic) bond motifs is 1. The van der Waals surface area contributed by atoms with Crippen LogP contribution in [0.2, 0.25) is 0 Å². The molecule has 0 saturated carbocycles. The van der Waals surface area contributed by atoms with Crippen molar-refractivity contribution in [3.8, 4) is 11.3 Å². The van der Waals surface area contributed by atoms with Gasteiger partial charge in [0.1, 0.15) is 16.7 Å². The highest BCUT2D eigenvalue weighted by molar-refractivity contribution is 5.79. The van der Waals surface area contributed by atoms with Crippen LogP contribution in [0.15, 0.2) is 58.1 Å². The largest absolute Gasteiger partial charge is 0.456 e. The molecule has 0 atom stereocenters. The molecular formula is C17H15NO2. The van der Waals surface area contributed by atoms with E-state index in [1.165, 1.54) is 5.56 Å². The normalized spacial score (nSPS) is 12.0. The average molecular weight is 265 g/mol. The molecule has 1 aromatic heterocycles. The van der Waals surface area contributed by atoms with Gasteiger partial charge in [-0.2, -0.15) is 0 Å². The fourth-order valence-electron chi connectivity index (χ4n) is 2.22. The monoisotopic (exact) mass is 265 g/mol. The molecule has 100 valence electrons. The van der Waals surface area contributed by atoms with E-state index in [0.29, 0.717) is 11.1 Å². The molecule has 3 heteroatoms. The Labute approximate surface area is 116 Å². The Balaban J connectivity index is 2.29. The van der Waals surface area contributed by atoms with E-state index in [9.17, 15) is 5.21 Å². The van der Waals surface area contributed by atoms with Gasteiger partial charge in [-0.15, -0.1) is 0 Å². The molecule has 3 aromatic rings. The van der Waals surface area contributed by atoms with Gasteiger partial charge in [-0.1, -0.05) is 41.1 Å². The molecule has 3 nitrogen and oxygen atoms in total. The van der Waals surface area contributed by atoms with E-state index >= 15 is 0 Å². The summed E-state index contributed by atoms with van der Waals surface area (Å²) in [5.74, 6) is 0.691. The van der Waals surface area contributed by atoms with Crippen LogP contribution in [0.1, 0.15) is 11.1 Å². The second-order valence-electron chi connectivity index (χ2n) is 4.96. The SMILES string of the molecule is Cc1ccc(-c2cc(=NO)c3ccc(C)cc3o2)cc1. The zero-order chi connectivity index (χ0) is 14.1. The van der Waals surface area contributed by atoms with Gasteiger partial charge in [-0.25, -0.2) is 0 Å². The van der Waals surface area contributed by atoms with Gasteiger partial charge in [0.05, 0.1) is 0 Å². The van der Waals surface area contributed by atoms with Crippen molar-refractivity contribution in [2.24, 2.45) is 5.16 Å². The molecule has 0 unspecified atom stereocenters. The van der Waals surface area contributed by atoms with Crippen LogP contribution in [0, 0.1) is 13.8 Å². The minimum Gasteiger partial charge on any atom is -0.456 e. The van der Waals surface area contributed by atoms with Crippen molar-refractivity contribution in [1.29, 1.82) is 0 Å². The van der Waals surface area contributed by atoms with Gasteiger partial charge < -0.3 is 9.62 Å². The van der Waals surface area contributed by atoms with Crippen LogP contribution >= 0.6 is 0 Å². The summed E-state index contributed by atoms with van der Waals surface area (Å²) < 4.78 is 5.94. The van der Waals surface area contributed by atoms with Crippen molar-refractivity contribution in [3.63, 3.8) is 0 Å². The Hall–Kier alpha value is -2.55. The molecule has 0 spiro atoms. The van der Waals surface area contributed by atoms with Gasteiger partial charge in [0.15, 0.2) is 0 Å². The summed E-state index contributed by atoms with van der Waals surface area (Å²) in [4.78, 5) is 0. The van der Waals surface area contributed by atoms with Crippen LogP contribution in [-0.2, 0) is 0 Å². The Morgan fingerprint density at radius 1 is 0.900 bits per heavy atom. The highest BCUT2D eigenvalue weighted by atomic mass is 16.4. The first kappa shape index (κ1) is 12.5. The van der Waals surface area contributed by atoms with Crippen molar-refractivity contribution in [1.82, 2.24) is 0 Å². The molecule has 0 amide bonds. The lowest BCUT2D eigenvalue weighted by Gasteiger charge is -2.05. The van der Waals surface area contributed by atoms with Gasteiger partial charge in [-0.05, 0) is 31.5 Å². The number of rotatable bonds is 1. The van der Waals surface area contributed by atoms with Crippen LogP contribution in [0.3, 0.4) is 0 Å². The standard InChI is InChI=1S/C17H15NO2/c1-11-3-6-13(7-4-11)16-10-15(18-19)14-8-5-12(2)9-17(14)20-16/h3-10,19H,1-2H3. The third-order valence-corrected chi connectivity index (χ3v) is 3.34. The predicted molar refractivity (Wildman–Crippen MR) is 78.5 cm³/mol. The van der Waals surface area contributed by atoms with E-state index in [-0.39, 0.29) is 0 Å².